The molecule has 1 saturated heterocycles. The van der Waals surface area contributed by atoms with Crippen LogP contribution >= 0.6 is 0 Å². The van der Waals surface area contributed by atoms with Crippen molar-refractivity contribution in [2.24, 2.45) is 0 Å². The van der Waals surface area contributed by atoms with Gasteiger partial charge in [0.05, 0.1) is 5.69 Å². The number of amides is 1. The number of carbonyl (C=O) groups excluding carboxylic acids is 1. The van der Waals surface area contributed by atoms with Gasteiger partial charge in [0.1, 0.15) is 6.33 Å². The number of rotatable bonds is 2. The van der Waals surface area contributed by atoms with Gasteiger partial charge in [-0.15, -0.1) is 0 Å². The summed E-state index contributed by atoms with van der Waals surface area (Å²) in [5, 5.41) is 0. The number of benzene rings is 1. The van der Waals surface area contributed by atoms with Crippen molar-refractivity contribution in [1.82, 2.24) is 19.4 Å². The van der Waals surface area contributed by atoms with E-state index in [1.807, 2.05) is 4.90 Å². The first-order chi connectivity index (χ1) is 13.1. The Morgan fingerprint density at radius 3 is 2.44 bits per heavy atom. The molecule has 144 valence electrons. The Morgan fingerprint density at radius 1 is 1.00 bits per heavy atom. The van der Waals surface area contributed by atoms with Gasteiger partial charge in [0.15, 0.2) is 11.6 Å². The van der Waals surface area contributed by atoms with Crippen molar-refractivity contribution in [1.29, 1.82) is 0 Å². The number of hydrogen-bond donors (Lipinski definition) is 0. The summed E-state index contributed by atoms with van der Waals surface area (Å²) >= 11 is 0. The number of halogens is 2. The van der Waals surface area contributed by atoms with E-state index in [0.717, 1.165) is 25.2 Å². The molecule has 2 aromatic rings. The van der Waals surface area contributed by atoms with Crippen LogP contribution in [0.25, 0.3) is 11.3 Å². The molecular weight excluding hydrogens is 350 g/mol. The van der Waals surface area contributed by atoms with Gasteiger partial charge < -0.3 is 4.90 Å². The third kappa shape index (κ3) is 3.88. The summed E-state index contributed by atoms with van der Waals surface area (Å²) in [6, 6.07) is 4.16. The van der Waals surface area contributed by atoms with E-state index in [9.17, 15) is 13.6 Å². The fourth-order valence-corrected chi connectivity index (χ4v) is 4.12. The molecule has 4 rings (SSSR count). The second kappa shape index (κ2) is 7.76. The maximum absolute atomic E-state index is 13.4. The van der Waals surface area contributed by atoms with Crippen molar-refractivity contribution in [2.45, 2.75) is 38.1 Å². The Hall–Kier alpha value is -2.28. The quantitative estimate of drug-likeness (QED) is 0.804. The molecule has 27 heavy (non-hydrogen) atoms. The predicted molar refractivity (Wildman–Crippen MR) is 98.4 cm³/mol. The van der Waals surface area contributed by atoms with Crippen LogP contribution in [-0.4, -0.2) is 57.6 Å². The van der Waals surface area contributed by atoms with Crippen LogP contribution in [0.1, 0.15) is 32.1 Å². The van der Waals surface area contributed by atoms with Crippen LogP contribution in [-0.2, 0) is 0 Å². The molecule has 1 saturated carbocycles. The van der Waals surface area contributed by atoms with Gasteiger partial charge in [-0.05, 0) is 31.0 Å². The molecule has 0 unspecified atom stereocenters. The van der Waals surface area contributed by atoms with E-state index in [2.05, 4.69) is 9.88 Å². The van der Waals surface area contributed by atoms with E-state index in [4.69, 9.17) is 0 Å². The first kappa shape index (κ1) is 18.1. The molecule has 5 nitrogen and oxygen atoms in total. The van der Waals surface area contributed by atoms with Gasteiger partial charge >= 0.3 is 6.03 Å². The molecular formula is C20H24F2N4O. The molecule has 2 aliphatic rings. The van der Waals surface area contributed by atoms with Gasteiger partial charge in [0.25, 0.3) is 0 Å². The molecule has 1 aromatic carbocycles. The number of carbonyl (C=O) groups is 1. The maximum Gasteiger partial charge on any atom is 0.329 e. The van der Waals surface area contributed by atoms with E-state index in [0.29, 0.717) is 30.4 Å². The highest BCUT2D eigenvalue weighted by molar-refractivity contribution is 5.78. The molecule has 1 amide bonds. The lowest BCUT2D eigenvalue weighted by molar-refractivity contribution is 0.0910. The van der Waals surface area contributed by atoms with Crippen LogP contribution in [0.2, 0.25) is 0 Å². The van der Waals surface area contributed by atoms with E-state index in [1.54, 1.807) is 6.20 Å². The highest BCUT2D eigenvalue weighted by Crippen LogP contribution is 2.24. The maximum atomic E-state index is 13.4. The van der Waals surface area contributed by atoms with Crippen LogP contribution < -0.4 is 0 Å². The van der Waals surface area contributed by atoms with E-state index in [1.165, 1.54) is 49.1 Å². The lowest BCUT2D eigenvalue weighted by Gasteiger charge is -2.40. The van der Waals surface area contributed by atoms with Crippen molar-refractivity contribution in [3.8, 4) is 11.3 Å². The molecule has 2 fully saturated rings. The monoisotopic (exact) mass is 374 g/mol. The minimum absolute atomic E-state index is 0.125. The summed E-state index contributed by atoms with van der Waals surface area (Å²) in [7, 11) is 0. The molecule has 7 heteroatoms. The molecule has 2 heterocycles. The van der Waals surface area contributed by atoms with Crippen LogP contribution in [0.15, 0.2) is 30.7 Å². The molecule has 1 aliphatic heterocycles. The minimum Gasteiger partial charge on any atom is -0.321 e. The highest BCUT2D eigenvalue weighted by Gasteiger charge is 2.27. The molecule has 0 spiro atoms. The predicted octanol–water partition coefficient (Wildman–Crippen LogP) is 3.75. The summed E-state index contributed by atoms with van der Waals surface area (Å²) in [6.45, 7) is 3.21. The van der Waals surface area contributed by atoms with Gasteiger partial charge in [-0.3, -0.25) is 9.47 Å². The standard InChI is InChI=1S/C20H24F2N4O/c21-17-7-6-15(12-18(17)22)19-13-26(14-23-19)20(27)25-10-8-24(9-11-25)16-4-2-1-3-5-16/h6-7,12-14,16H,1-5,8-11H2. The van der Waals surface area contributed by atoms with Gasteiger partial charge in [0, 0.05) is 44.0 Å². The minimum atomic E-state index is -0.924. The normalized spacial score (nSPS) is 19.4. The fourth-order valence-electron chi connectivity index (χ4n) is 4.12. The molecule has 1 aliphatic carbocycles. The number of aromatic nitrogens is 2. The topological polar surface area (TPSA) is 41.4 Å². The van der Waals surface area contributed by atoms with Crippen LogP contribution in [0.5, 0.6) is 0 Å². The number of piperazine rings is 1. The molecule has 1 aromatic heterocycles. The third-order valence-electron chi connectivity index (χ3n) is 5.69. The Morgan fingerprint density at radius 2 is 1.74 bits per heavy atom. The van der Waals surface area contributed by atoms with Crippen molar-refractivity contribution >= 4 is 6.03 Å². The average molecular weight is 374 g/mol. The summed E-state index contributed by atoms with van der Waals surface area (Å²) in [4.78, 5) is 21.3. The van der Waals surface area contributed by atoms with E-state index in [-0.39, 0.29) is 6.03 Å². The van der Waals surface area contributed by atoms with Crippen molar-refractivity contribution < 1.29 is 13.6 Å². The van der Waals surface area contributed by atoms with Crippen molar-refractivity contribution in [2.75, 3.05) is 26.2 Å². The molecule has 0 bridgehead atoms. The van der Waals surface area contributed by atoms with Crippen molar-refractivity contribution in [3.63, 3.8) is 0 Å². The Bertz CT molecular complexity index is 808. The Balaban J connectivity index is 1.39. The summed E-state index contributed by atoms with van der Waals surface area (Å²) in [5.74, 6) is -1.82. The first-order valence-corrected chi connectivity index (χ1v) is 9.64. The highest BCUT2D eigenvalue weighted by atomic mass is 19.2. The molecule has 0 atom stereocenters. The zero-order chi connectivity index (χ0) is 18.8. The lowest BCUT2D eigenvalue weighted by Crippen LogP contribution is -2.53. The van der Waals surface area contributed by atoms with Gasteiger partial charge in [-0.2, -0.15) is 0 Å². The van der Waals surface area contributed by atoms with Crippen LogP contribution in [0.3, 0.4) is 0 Å². The molecule has 0 N–H and O–H groups in total. The largest absolute Gasteiger partial charge is 0.329 e. The fraction of sp³-hybridized carbons (Fsp3) is 0.500. The number of hydrogen-bond acceptors (Lipinski definition) is 3. The van der Waals surface area contributed by atoms with Gasteiger partial charge in [-0.1, -0.05) is 19.3 Å². The van der Waals surface area contributed by atoms with E-state index < -0.39 is 11.6 Å². The van der Waals surface area contributed by atoms with Gasteiger partial charge in [-0.25, -0.2) is 18.6 Å². The zero-order valence-electron chi connectivity index (χ0n) is 15.3. The van der Waals surface area contributed by atoms with Gasteiger partial charge in [0.2, 0.25) is 0 Å². The summed E-state index contributed by atoms with van der Waals surface area (Å²) in [6.07, 6.45) is 9.52. The van der Waals surface area contributed by atoms with Crippen LogP contribution in [0.4, 0.5) is 13.6 Å². The smallest absolute Gasteiger partial charge is 0.321 e. The Kier molecular flexibility index (Phi) is 5.20. The first-order valence-electron chi connectivity index (χ1n) is 9.64. The second-order valence-electron chi connectivity index (χ2n) is 7.39. The Labute approximate surface area is 157 Å². The zero-order valence-corrected chi connectivity index (χ0v) is 15.3. The molecule has 0 radical (unpaired) electrons. The number of imidazole rings is 1. The summed E-state index contributed by atoms with van der Waals surface area (Å²) in [5.41, 5.74) is 0.894. The number of nitrogens with zero attached hydrogens (tertiary/aromatic N) is 4. The lowest BCUT2D eigenvalue weighted by atomic mass is 9.94. The van der Waals surface area contributed by atoms with Crippen molar-refractivity contribution in [3.05, 3.63) is 42.4 Å². The van der Waals surface area contributed by atoms with E-state index >= 15 is 0 Å². The van der Waals surface area contributed by atoms with Crippen LogP contribution in [0, 0.1) is 11.6 Å². The third-order valence-corrected chi connectivity index (χ3v) is 5.69. The average Bonchev–Trinajstić information content (AvgIpc) is 3.20. The SMILES string of the molecule is O=C(N1CCN(C2CCCCC2)CC1)n1cnc(-c2ccc(F)c(F)c2)c1. The summed E-state index contributed by atoms with van der Waals surface area (Å²) < 4.78 is 27.9. The second-order valence-corrected chi connectivity index (χ2v) is 7.39.